The molecule has 0 aromatic heterocycles. The van der Waals surface area contributed by atoms with Gasteiger partial charge in [-0.25, -0.2) is 12.8 Å². The van der Waals surface area contributed by atoms with Gasteiger partial charge in [0.1, 0.15) is 11.6 Å². The van der Waals surface area contributed by atoms with Gasteiger partial charge >= 0.3 is 0 Å². The van der Waals surface area contributed by atoms with Gasteiger partial charge in [-0.2, -0.15) is 0 Å². The van der Waals surface area contributed by atoms with E-state index in [0.29, 0.717) is 49.8 Å². The van der Waals surface area contributed by atoms with Crippen molar-refractivity contribution in [2.45, 2.75) is 101 Å². The number of piperidine rings is 1. The van der Waals surface area contributed by atoms with Crippen molar-refractivity contribution in [3.8, 4) is 5.75 Å². The van der Waals surface area contributed by atoms with E-state index < -0.39 is 50.2 Å². The number of halogens is 1. The van der Waals surface area contributed by atoms with Gasteiger partial charge in [-0.05, 0) is 101 Å². The molecule has 2 heterocycles. The number of anilines is 1. The summed E-state index contributed by atoms with van der Waals surface area (Å²) in [6.45, 7) is 5.38. The summed E-state index contributed by atoms with van der Waals surface area (Å²) in [6, 6.07) is 7.65. The number of fused-ring (bicyclic) bond motifs is 4. The molecule has 3 saturated carbocycles. The van der Waals surface area contributed by atoms with Crippen LogP contribution in [-0.4, -0.2) is 67.6 Å². The average molecular weight is 655 g/mol. The molecule has 10 nitrogen and oxygen atoms in total. The molecule has 1 saturated heterocycles. The number of carbonyl (C=O) groups excluding carboxylic acids is 3. The molecule has 46 heavy (non-hydrogen) atoms. The monoisotopic (exact) mass is 654 g/mol. The minimum atomic E-state index is -4.15. The maximum Gasteiger partial charge on any atom is 0.254 e. The standard InChI is InChI=1S/C34H43FN4O6S/c1-22(2)45-24-8-6-23(7-9-24)20-39-28-18-25(26(35)19-29(28)46(43,44)21-27(36)31(39)41)30(40)37-34-13-10-33(11-14-34,12-15-34)32(42)38-16-4-3-5-17-38/h6-9,18-19,22,27H,3-5,10-17,20-21,36H2,1-2H3,(H,37,40)/t27-,33?,34?/m0/s1. The first-order valence-electron chi connectivity index (χ1n) is 16.3. The molecule has 3 aliphatic carbocycles. The van der Waals surface area contributed by atoms with Crippen molar-refractivity contribution >= 4 is 33.2 Å². The molecule has 0 unspecified atom stereocenters. The molecule has 2 aromatic rings. The summed E-state index contributed by atoms with van der Waals surface area (Å²) in [7, 11) is -4.15. The van der Waals surface area contributed by atoms with E-state index in [1.54, 1.807) is 24.3 Å². The van der Waals surface area contributed by atoms with Crippen molar-refractivity contribution < 1.29 is 31.9 Å². The SMILES string of the molecule is CC(C)Oc1ccc(CN2C(=O)[C@@H](N)CS(=O)(=O)c3cc(F)c(C(=O)NC45CCC(C(=O)N6CCCCC6)(CC4)CC5)cc32)cc1. The Morgan fingerprint density at radius 1 is 1.02 bits per heavy atom. The predicted molar refractivity (Wildman–Crippen MR) is 171 cm³/mol. The van der Waals surface area contributed by atoms with Crippen molar-refractivity contribution in [1.82, 2.24) is 10.2 Å². The minimum Gasteiger partial charge on any atom is -0.491 e. The normalized spacial score (nSPS) is 27.2. The van der Waals surface area contributed by atoms with E-state index in [0.717, 1.165) is 44.5 Å². The Labute approximate surface area is 269 Å². The summed E-state index contributed by atoms with van der Waals surface area (Å²) >= 11 is 0. The Morgan fingerprint density at radius 3 is 2.26 bits per heavy atom. The van der Waals surface area contributed by atoms with E-state index in [2.05, 4.69) is 5.32 Å². The molecular formula is C34H43FN4O6S. The maximum atomic E-state index is 15.6. The largest absolute Gasteiger partial charge is 0.491 e. The number of likely N-dealkylation sites (tertiary alicyclic amines) is 1. The first-order valence-corrected chi connectivity index (χ1v) is 18.0. The lowest BCUT2D eigenvalue weighted by Crippen LogP contribution is -2.60. The first kappa shape index (κ1) is 32.4. The fraction of sp³-hybridized carbons (Fsp3) is 0.559. The number of nitrogens with zero attached hydrogens (tertiary/aromatic N) is 2. The molecule has 0 spiro atoms. The molecule has 2 aliphatic heterocycles. The number of carbonyl (C=O) groups is 3. The molecule has 0 radical (unpaired) electrons. The Balaban J connectivity index is 1.25. The van der Waals surface area contributed by atoms with Crippen molar-refractivity contribution in [3.05, 3.63) is 53.3 Å². The van der Waals surface area contributed by atoms with Crippen LogP contribution in [0.25, 0.3) is 0 Å². The maximum absolute atomic E-state index is 15.6. The summed E-state index contributed by atoms with van der Waals surface area (Å²) in [5.74, 6) is -2.12. The van der Waals surface area contributed by atoms with Crippen LogP contribution in [0.3, 0.4) is 0 Å². The van der Waals surface area contributed by atoms with E-state index in [4.69, 9.17) is 10.5 Å². The number of benzene rings is 2. The Kier molecular flexibility index (Phi) is 8.64. The molecule has 1 atom stereocenters. The highest BCUT2D eigenvalue weighted by Crippen LogP contribution is 2.53. The predicted octanol–water partition coefficient (Wildman–Crippen LogP) is 4.10. The van der Waals surface area contributed by atoms with Gasteiger partial charge in [0.15, 0.2) is 9.84 Å². The van der Waals surface area contributed by atoms with Crippen molar-refractivity contribution in [2.24, 2.45) is 11.1 Å². The number of nitrogens with two attached hydrogens (primary N) is 1. The second-order valence-electron chi connectivity index (χ2n) is 13.8. The van der Waals surface area contributed by atoms with Crippen LogP contribution in [0.15, 0.2) is 41.3 Å². The number of nitrogens with one attached hydrogen (secondary N) is 1. The summed E-state index contributed by atoms with van der Waals surface area (Å²) in [4.78, 5) is 43.6. The molecule has 248 valence electrons. The second kappa shape index (κ2) is 12.3. The van der Waals surface area contributed by atoms with Crippen LogP contribution in [0.2, 0.25) is 0 Å². The summed E-state index contributed by atoms with van der Waals surface area (Å²) in [5.41, 5.74) is 5.31. The summed E-state index contributed by atoms with van der Waals surface area (Å²) in [5, 5.41) is 3.07. The highest BCUT2D eigenvalue weighted by Gasteiger charge is 2.54. The van der Waals surface area contributed by atoms with Crippen molar-refractivity contribution in [2.75, 3.05) is 23.7 Å². The van der Waals surface area contributed by atoms with Gasteiger partial charge in [-0.3, -0.25) is 14.4 Å². The molecule has 4 fully saturated rings. The zero-order chi connectivity index (χ0) is 32.9. The molecule has 7 rings (SSSR count). The average Bonchev–Trinajstić information content (AvgIpc) is 3.10. The van der Waals surface area contributed by atoms with Crippen molar-refractivity contribution in [3.63, 3.8) is 0 Å². The van der Waals surface area contributed by atoms with E-state index in [-0.39, 0.29) is 34.7 Å². The van der Waals surface area contributed by atoms with Gasteiger partial charge in [0.05, 0.1) is 40.6 Å². The van der Waals surface area contributed by atoms with Crippen LogP contribution in [0.5, 0.6) is 5.75 Å². The number of rotatable bonds is 7. The number of sulfone groups is 1. The lowest BCUT2D eigenvalue weighted by atomic mass is 9.56. The van der Waals surface area contributed by atoms with Gasteiger partial charge < -0.3 is 25.6 Å². The Hall–Kier alpha value is -3.51. The molecule has 3 amide bonds. The summed E-state index contributed by atoms with van der Waals surface area (Å²) < 4.78 is 47.9. The molecule has 2 aromatic carbocycles. The lowest BCUT2D eigenvalue weighted by Gasteiger charge is -2.54. The van der Waals surface area contributed by atoms with Gasteiger partial charge in [0, 0.05) is 24.0 Å². The Bertz CT molecular complexity index is 1610. The third-order valence-corrected chi connectivity index (χ3v) is 12.1. The molecular weight excluding hydrogens is 611 g/mol. The quantitative estimate of drug-likeness (QED) is 0.459. The van der Waals surface area contributed by atoms with Gasteiger partial charge in [0.25, 0.3) is 5.91 Å². The summed E-state index contributed by atoms with van der Waals surface area (Å²) in [6.07, 6.45) is 6.99. The van der Waals surface area contributed by atoms with Crippen LogP contribution in [0, 0.1) is 11.2 Å². The molecule has 5 aliphatic rings. The van der Waals surface area contributed by atoms with Crippen LogP contribution in [-0.2, 0) is 26.0 Å². The molecule has 12 heteroatoms. The van der Waals surface area contributed by atoms with E-state index in [1.807, 2.05) is 18.7 Å². The fourth-order valence-corrected chi connectivity index (χ4v) is 9.19. The number of hydrogen-bond acceptors (Lipinski definition) is 7. The fourth-order valence-electron chi connectivity index (χ4n) is 7.62. The third-order valence-electron chi connectivity index (χ3n) is 10.3. The smallest absolute Gasteiger partial charge is 0.254 e. The molecule has 3 N–H and O–H groups in total. The van der Waals surface area contributed by atoms with Gasteiger partial charge in [0.2, 0.25) is 11.8 Å². The topological polar surface area (TPSA) is 139 Å². The molecule has 2 bridgehead atoms. The second-order valence-corrected chi connectivity index (χ2v) is 15.8. The number of ether oxygens (including phenoxy) is 1. The van der Waals surface area contributed by atoms with E-state index in [1.165, 1.54) is 4.90 Å². The zero-order valence-electron chi connectivity index (χ0n) is 26.5. The highest BCUT2D eigenvalue weighted by molar-refractivity contribution is 7.91. The van der Waals surface area contributed by atoms with Crippen LogP contribution in [0.4, 0.5) is 10.1 Å². The lowest BCUT2D eigenvalue weighted by molar-refractivity contribution is -0.150. The first-order chi connectivity index (χ1) is 21.8. The van der Waals surface area contributed by atoms with E-state index in [9.17, 15) is 22.8 Å². The van der Waals surface area contributed by atoms with E-state index >= 15 is 4.39 Å². The van der Waals surface area contributed by atoms with Crippen molar-refractivity contribution in [1.29, 1.82) is 0 Å². The van der Waals surface area contributed by atoms with Gasteiger partial charge in [-0.15, -0.1) is 0 Å². The zero-order valence-corrected chi connectivity index (χ0v) is 27.3. The van der Waals surface area contributed by atoms with Gasteiger partial charge in [-0.1, -0.05) is 12.1 Å². The number of hydrogen-bond donors (Lipinski definition) is 2. The Morgan fingerprint density at radius 2 is 1.65 bits per heavy atom. The minimum absolute atomic E-state index is 0.0288. The van der Waals surface area contributed by atoms with Crippen LogP contribution >= 0.6 is 0 Å². The highest BCUT2D eigenvalue weighted by atomic mass is 32.2. The number of amides is 3. The van der Waals surface area contributed by atoms with Crippen LogP contribution < -0.4 is 20.7 Å². The third kappa shape index (κ3) is 6.13. The van der Waals surface area contributed by atoms with Crippen LogP contribution in [0.1, 0.15) is 87.6 Å².